The molecule has 0 heterocycles. The maximum atomic E-state index is 13.1. The number of hydrogen-bond donors (Lipinski definition) is 1. The van der Waals surface area contributed by atoms with Crippen LogP contribution in [-0.2, 0) is 6.18 Å². The average molecular weight is 365 g/mol. The SMILES string of the molecule is CCC1CCC(C(O)c2ccc(Br)cc2C(F)(F)F)CC1. The highest BCUT2D eigenvalue weighted by Crippen LogP contribution is 2.42. The number of alkyl halides is 3. The molecule has 0 amide bonds. The third kappa shape index (κ3) is 4.01. The maximum absolute atomic E-state index is 13.1. The molecule has 0 radical (unpaired) electrons. The van der Waals surface area contributed by atoms with Gasteiger partial charge in [-0.2, -0.15) is 13.2 Å². The van der Waals surface area contributed by atoms with Crippen LogP contribution >= 0.6 is 15.9 Å². The highest BCUT2D eigenvalue weighted by atomic mass is 79.9. The van der Waals surface area contributed by atoms with Crippen molar-refractivity contribution in [2.24, 2.45) is 11.8 Å². The zero-order chi connectivity index (χ0) is 15.6. The molecule has 1 unspecified atom stereocenters. The molecule has 1 aromatic carbocycles. The van der Waals surface area contributed by atoms with Gasteiger partial charge in [0.1, 0.15) is 0 Å². The first kappa shape index (κ1) is 16.8. The Morgan fingerprint density at radius 2 is 1.86 bits per heavy atom. The van der Waals surface area contributed by atoms with Gasteiger partial charge in [0.25, 0.3) is 0 Å². The molecule has 118 valence electrons. The summed E-state index contributed by atoms with van der Waals surface area (Å²) in [4.78, 5) is 0. The molecular weight excluding hydrogens is 345 g/mol. The van der Waals surface area contributed by atoms with Crippen molar-refractivity contribution < 1.29 is 18.3 Å². The van der Waals surface area contributed by atoms with E-state index in [1.54, 1.807) is 6.07 Å². The molecule has 1 aliphatic rings. The van der Waals surface area contributed by atoms with E-state index in [0.29, 0.717) is 10.4 Å². The Bertz CT molecular complexity index is 479. The van der Waals surface area contributed by atoms with Crippen molar-refractivity contribution in [2.75, 3.05) is 0 Å². The molecule has 0 aliphatic heterocycles. The van der Waals surface area contributed by atoms with Gasteiger partial charge in [-0.3, -0.25) is 0 Å². The predicted octanol–water partition coefficient (Wildman–Crippen LogP) is 5.72. The second-order valence-electron chi connectivity index (χ2n) is 5.86. The van der Waals surface area contributed by atoms with Gasteiger partial charge in [0, 0.05) is 4.47 Å². The standard InChI is InChI=1S/C16H20BrF3O/c1-2-10-3-5-11(6-4-10)15(21)13-8-7-12(17)9-14(13)16(18,19)20/h7-11,15,21H,2-6H2,1H3. The lowest BCUT2D eigenvalue weighted by Crippen LogP contribution is -2.22. The van der Waals surface area contributed by atoms with E-state index < -0.39 is 17.8 Å². The molecule has 5 heteroatoms. The van der Waals surface area contributed by atoms with Crippen LogP contribution in [0.3, 0.4) is 0 Å². The van der Waals surface area contributed by atoms with Crippen molar-refractivity contribution in [1.82, 2.24) is 0 Å². The monoisotopic (exact) mass is 364 g/mol. The molecule has 0 saturated heterocycles. The lowest BCUT2D eigenvalue weighted by Gasteiger charge is -2.32. The molecule has 1 aliphatic carbocycles. The molecule has 21 heavy (non-hydrogen) atoms. The van der Waals surface area contributed by atoms with Crippen molar-refractivity contribution in [3.63, 3.8) is 0 Å². The first-order chi connectivity index (χ1) is 9.82. The maximum Gasteiger partial charge on any atom is 0.416 e. The Hall–Kier alpha value is -0.550. The average Bonchev–Trinajstić information content (AvgIpc) is 2.45. The van der Waals surface area contributed by atoms with Crippen molar-refractivity contribution in [2.45, 2.75) is 51.3 Å². The molecule has 1 atom stereocenters. The van der Waals surface area contributed by atoms with Crippen LogP contribution in [0.5, 0.6) is 0 Å². The number of hydrogen-bond acceptors (Lipinski definition) is 1. The molecule has 2 rings (SSSR count). The van der Waals surface area contributed by atoms with Gasteiger partial charge in [0.05, 0.1) is 11.7 Å². The third-order valence-electron chi connectivity index (χ3n) is 4.55. The molecule has 1 fully saturated rings. The van der Waals surface area contributed by atoms with E-state index in [-0.39, 0.29) is 11.5 Å². The lowest BCUT2D eigenvalue weighted by molar-refractivity contribution is -0.139. The van der Waals surface area contributed by atoms with E-state index in [2.05, 4.69) is 22.9 Å². The third-order valence-corrected chi connectivity index (χ3v) is 5.05. The van der Waals surface area contributed by atoms with E-state index in [9.17, 15) is 18.3 Å². The summed E-state index contributed by atoms with van der Waals surface area (Å²) in [6, 6.07) is 4.01. The summed E-state index contributed by atoms with van der Waals surface area (Å²) in [7, 11) is 0. The van der Waals surface area contributed by atoms with Gasteiger partial charge < -0.3 is 5.11 Å². The fraction of sp³-hybridized carbons (Fsp3) is 0.625. The van der Waals surface area contributed by atoms with E-state index in [4.69, 9.17) is 0 Å². The van der Waals surface area contributed by atoms with Crippen molar-refractivity contribution in [3.05, 3.63) is 33.8 Å². The van der Waals surface area contributed by atoms with Gasteiger partial charge in [-0.15, -0.1) is 0 Å². The Balaban J connectivity index is 2.21. The summed E-state index contributed by atoms with van der Waals surface area (Å²) >= 11 is 3.07. The van der Waals surface area contributed by atoms with Crippen LogP contribution in [0.2, 0.25) is 0 Å². The number of halogens is 4. The number of aliphatic hydroxyl groups excluding tert-OH is 1. The Labute approximate surface area is 131 Å². The van der Waals surface area contributed by atoms with E-state index >= 15 is 0 Å². The van der Waals surface area contributed by atoms with E-state index in [1.807, 2.05) is 0 Å². The van der Waals surface area contributed by atoms with Crippen LogP contribution in [0.1, 0.15) is 56.3 Å². The topological polar surface area (TPSA) is 20.2 Å². The lowest BCUT2D eigenvalue weighted by atomic mass is 9.76. The minimum atomic E-state index is -4.44. The number of rotatable bonds is 3. The van der Waals surface area contributed by atoms with Crippen LogP contribution in [0.25, 0.3) is 0 Å². The minimum Gasteiger partial charge on any atom is -0.388 e. The summed E-state index contributed by atoms with van der Waals surface area (Å²) < 4.78 is 39.8. The fourth-order valence-corrected chi connectivity index (χ4v) is 3.56. The first-order valence-electron chi connectivity index (χ1n) is 7.37. The van der Waals surface area contributed by atoms with Gasteiger partial charge in [0.2, 0.25) is 0 Å². The predicted molar refractivity (Wildman–Crippen MR) is 79.8 cm³/mol. The summed E-state index contributed by atoms with van der Waals surface area (Å²) in [5, 5.41) is 10.4. The molecular formula is C16H20BrF3O. The molecule has 0 spiro atoms. The van der Waals surface area contributed by atoms with Gasteiger partial charge in [-0.1, -0.05) is 48.2 Å². The van der Waals surface area contributed by atoms with Crippen molar-refractivity contribution >= 4 is 15.9 Å². The Morgan fingerprint density at radius 1 is 1.24 bits per heavy atom. The van der Waals surface area contributed by atoms with E-state index in [1.165, 1.54) is 6.07 Å². The zero-order valence-corrected chi connectivity index (χ0v) is 13.5. The molecule has 1 aromatic rings. The second kappa shape index (κ2) is 6.69. The van der Waals surface area contributed by atoms with Crippen LogP contribution in [0.4, 0.5) is 13.2 Å². The molecule has 1 saturated carbocycles. The van der Waals surface area contributed by atoms with E-state index in [0.717, 1.165) is 38.2 Å². The first-order valence-corrected chi connectivity index (χ1v) is 8.17. The fourth-order valence-electron chi connectivity index (χ4n) is 3.20. The van der Waals surface area contributed by atoms with Crippen LogP contribution in [0, 0.1) is 11.8 Å². The molecule has 0 bridgehead atoms. The highest BCUT2D eigenvalue weighted by Gasteiger charge is 2.37. The zero-order valence-electron chi connectivity index (χ0n) is 12.0. The molecule has 1 N–H and O–H groups in total. The van der Waals surface area contributed by atoms with Crippen LogP contribution in [-0.4, -0.2) is 5.11 Å². The van der Waals surface area contributed by atoms with Gasteiger partial charge in [-0.25, -0.2) is 0 Å². The quantitative estimate of drug-likeness (QED) is 0.727. The smallest absolute Gasteiger partial charge is 0.388 e. The highest BCUT2D eigenvalue weighted by molar-refractivity contribution is 9.10. The summed E-state index contributed by atoms with van der Waals surface area (Å²) in [5.74, 6) is 0.579. The number of aliphatic hydroxyl groups is 1. The summed E-state index contributed by atoms with van der Waals surface area (Å²) in [6.45, 7) is 2.14. The van der Waals surface area contributed by atoms with Crippen molar-refractivity contribution in [1.29, 1.82) is 0 Å². The number of benzene rings is 1. The minimum absolute atomic E-state index is 0.00523. The van der Waals surface area contributed by atoms with Gasteiger partial charge in [0.15, 0.2) is 0 Å². The summed E-state index contributed by atoms with van der Waals surface area (Å²) in [5.41, 5.74) is -0.729. The second-order valence-corrected chi connectivity index (χ2v) is 6.78. The normalized spacial score (nSPS) is 24.9. The largest absolute Gasteiger partial charge is 0.416 e. The van der Waals surface area contributed by atoms with Gasteiger partial charge in [-0.05, 0) is 42.4 Å². The van der Waals surface area contributed by atoms with Crippen molar-refractivity contribution in [3.8, 4) is 0 Å². The molecule has 1 nitrogen and oxygen atoms in total. The molecule has 0 aromatic heterocycles. The Kier molecular flexibility index (Phi) is 5.36. The van der Waals surface area contributed by atoms with Gasteiger partial charge >= 0.3 is 6.18 Å². The van der Waals surface area contributed by atoms with Crippen LogP contribution in [0.15, 0.2) is 22.7 Å². The Morgan fingerprint density at radius 3 is 2.38 bits per heavy atom. The van der Waals surface area contributed by atoms with Crippen LogP contribution < -0.4 is 0 Å². The summed E-state index contributed by atoms with van der Waals surface area (Å²) in [6.07, 6.45) is -0.783.